The third-order valence-electron chi connectivity index (χ3n) is 3.40. The van der Waals surface area contributed by atoms with E-state index in [9.17, 15) is 0 Å². The Hall–Kier alpha value is -0.530. The van der Waals surface area contributed by atoms with E-state index in [1.54, 1.807) is 0 Å². The topological polar surface area (TPSA) is 12.0 Å². The largest absolute Gasteiger partial charge is 0.310 e. The van der Waals surface area contributed by atoms with Crippen molar-refractivity contribution in [2.75, 3.05) is 6.54 Å². The second kappa shape index (κ2) is 8.55. The van der Waals surface area contributed by atoms with Crippen molar-refractivity contribution in [3.63, 3.8) is 0 Å². The van der Waals surface area contributed by atoms with Gasteiger partial charge in [-0.3, -0.25) is 0 Å². The first-order chi connectivity index (χ1) is 8.69. The molecule has 0 bridgehead atoms. The summed E-state index contributed by atoms with van der Waals surface area (Å²) in [6.07, 6.45) is 6.46. The van der Waals surface area contributed by atoms with E-state index >= 15 is 0 Å². The van der Waals surface area contributed by atoms with Crippen LogP contribution in [0.25, 0.3) is 0 Å². The average Bonchev–Trinajstić information content (AvgIpc) is 2.37. The van der Waals surface area contributed by atoms with E-state index in [1.807, 2.05) is 0 Å². The highest BCUT2D eigenvalue weighted by Gasteiger charge is 2.10. The molecule has 0 aliphatic heterocycles. The Morgan fingerprint density at radius 2 is 1.94 bits per heavy atom. The first-order valence-corrected chi connectivity index (χ1v) is 7.56. The number of rotatable bonds is 8. The summed E-state index contributed by atoms with van der Waals surface area (Å²) in [5.41, 5.74) is 2.48. The van der Waals surface area contributed by atoms with E-state index in [0.717, 1.165) is 17.1 Å². The lowest BCUT2D eigenvalue weighted by atomic mass is 9.99. The molecule has 1 nitrogen and oxygen atoms in total. The molecule has 0 aromatic heterocycles. The summed E-state index contributed by atoms with van der Waals surface area (Å²) in [7, 11) is 0. The van der Waals surface area contributed by atoms with Gasteiger partial charge in [0, 0.05) is 11.1 Å². The van der Waals surface area contributed by atoms with Gasteiger partial charge in [-0.25, -0.2) is 0 Å². The molecule has 18 heavy (non-hydrogen) atoms. The molecule has 0 saturated heterocycles. The Morgan fingerprint density at radius 1 is 1.17 bits per heavy atom. The minimum Gasteiger partial charge on any atom is -0.310 e. The summed E-state index contributed by atoms with van der Waals surface area (Å²) < 4.78 is 0. The first kappa shape index (κ1) is 15.5. The van der Waals surface area contributed by atoms with Gasteiger partial charge >= 0.3 is 0 Å². The van der Waals surface area contributed by atoms with Crippen LogP contribution in [-0.2, 0) is 0 Å². The number of nitrogens with one attached hydrogen (secondary N) is 1. The Morgan fingerprint density at radius 3 is 2.56 bits per heavy atom. The number of hydrogen-bond acceptors (Lipinski definition) is 1. The number of benzene rings is 1. The van der Waals surface area contributed by atoms with Crippen molar-refractivity contribution in [1.29, 1.82) is 0 Å². The molecule has 0 fully saturated rings. The average molecular weight is 268 g/mol. The van der Waals surface area contributed by atoms with Crippen molar-refractivity contribution in [2.24, 2.45) is 0 Å². The van der Waals surface area contributed by atoms with Gasteiger partial charge in [0.1, 0.15) is 0 Å². The molecule has 1 atom stereocenters. The summed E-state index contributed by atoms with van der Waals surface area (Å²) in [5, 5.41) is 4.44. The zero-order chi connectivity index (χ0) is 13.4. The summed E-state index contributed by atoms with van der Waals surface area (Å²) in [6.45, 7) is 7.47. The standard InChI is InChI=1S/C16H26ClN/c1-4-6-7-8-9-16(18-5-2)14-11-10-13(3)15(17)12-14/h10-12,16,18H,4-9H2,1-3H3. The Labute approximate surface area is 117 Å². The SMILES string of the molecule is CCCCCCC(NCC)c1ccc(C)c(Cl)c1. The van der Waals surface area contributed by atoms with Crippen LogP contribution in [0.1, 0.15) is 63.1 Å². The zero-order valence-electron chi connectivity index (χ0n) is 11.9. The predicted molar refractivity (Wildman–Crippen MR) is 81.4 cm³/mol. The van der Waals surface area contributed by atoms with Crippen molar-refractivity contribution in [3.8, 4) is 0 Å². The van der Waals surface area contributed by atoms with Crippen LogP contribution in [0.5, 0.6) is 0 Å². The molecule has 102 valence electrons. The van der Waals surface area contributed by atoms with Gasteiger partial charge in [0.15, 0.2) is 0 Å². The molecular weight excluding hydrogens is 242 g/mol. The molecule has 1 aromatic rings. The van der Waals surface area contributed by atoms with Crippen LogP contribution in [0.2, 0.25) is 5.02 Å². The smallest absolute Gasteiger partial charge is 0.0438 e. The number of halogens is 1. The van der Waals surface area contributed by atoms with Crippen LogP contribution in [-0.4, -0.2) is 6.54 Å². The maximum Gasteiger partial charge on any atom is 0.0438 e. The van der Waals surface area contributed by atoms with Crippen molar-refractivity contribution >= 4 is 11.6 Å². The highest BCUT2D eigenvalue weighted by molar-refractivity contribution is 6.31. The van der Waals surface area contributed by atoms with Gasteiger partial charge in [-0.2, -0.15) is 0 Å². The van der Waals surface area contributed by atoms with Gasteiger partial charge in [-0.1, -0.05) is 63.3 Å². The Bertz CT molecular complexity index is 349. The van der Waals surface area contributed by atoms with Gasteiger partial charge in [-0.15, -0.1) is 0 Å². The molecule has 1 N–H and O–H groups in total. The van der Waals surface area contributed by atoms with Crippen LogP contribution in [0, 0.1) is 6.92 Å². The van der Waals surface area contributed by atoms with Gasteiger partial charge < -0.3 is 5.32 Å². The maximum atomic E-state index is 6.21. The minimum atomic E-state index is 0.449. The summed E-state index contributed by atoms with van der Waals surface area (Å²) in [5.74, 6) is 0. The van der Waals surface area contributed by atoms with Gasteiger partial charge in [0.05, 0.1) is 0 Å². The monoisotopic (exact) mass is 267 g/mol. The predicted octanol–water partition coefficient (Wildman–Crippen LogP) is 5.27. The van der Waals surface area contributed by atoms with Gasteiger partial charge in [-0.05, 0) is 37.1 Å². The Balaban J connectivity index is 2.61. The van der Waals surface area contributed by atoms with Crippen LogP contribution >= 0.6 is 11.6 Å². The fraction of sp³-hybridized carbons (Fsp3) is 0.625. The molecule has 1 rings (SSSR count). The minimum absolute atomic E-state index is 0.449. The highest BCUT2D eigenvalue weighted by Crippen LogP contribution is 2.25. The number of hydrogen-bond donors (Lipinski definition) is 1. The lowest BCUT2D eigenvalue weighted by Gasteiger charge is -2.19. The molecule has 0 heterocycles. The maximum absolute atomic E-state index is 6.21. The second-order valence-corrected chi connectivity index (χ2v) is 5.38. The van der Waals surface area contributed by atoms with Gasteiger partial charge in [0.25, 0.3) is 0 Å². The molecule has 0 spiro atoms. The van der Waals surface area contributed by atoms with Crippen LogP contribution < -0.4 is 5.32 Å². The van der Waals surface area contributed by atoms with Crippen molar-refractivity contribution in [1.82, 2.24) is 5.32 Å². The van der Waals surface area contributed by atoms with Crippen LogP contribution in [0.3, 0.4) is 0 Å². The molecule has 1 unspecified atom stereocenters. The van der Waals surface area contributed by atoms with E-state index in [4.69, 9.17) is 11.6 Å². The van der Waals surface area contributed by atoms with Crippen molar-refractivity contribution in [2.45, 2.75) is 58.9 Å². The molecule has 0 aliphatic rings. The quantitative estimate of drug-likeness (QED) is 0.633. The van der Waals surface area contributed by atoms with Crippen LogP contribution in [0.15, 0.2) is 18.2 Å². The lowest BCUT2D eigenvalue weighted by Crippen LogP contribution is -2.20. The summed E-state index contributed by atoms with van der Waals surface area (Å²) in [4.78, 5) is 0. The van der Waals surface area contributed by atoms with E-state index in [0.29, 0.717) is 6.04 Å². The van der Waals surface area contributed by atoms with E-state index in [2.05, 4.69) is 44.3 Å². The molecule has 2 heteroatoms. The Kier molecular flexibility index (Phi) is 7.38. The normalized spacial score (nSPS) is 12.7. The second-order valence-electron chi connectivity index (χ2n) is 4.97. The summed E-state index contributed by atoms with van der Waals surface area (Å²) in [6, 6.07) is 6.89. The molecular formula is C16H26ClN. The van der Waals surface area contributed by atoms with Crippen molar-refractivity contribution in [3.05, 3.63) is 34.3 Å². The molecule has 0 saturated carbocycles. The highest BCUT2D eigenvalue weighted by atomic mass is 35.5. The van der Waals surface area contributed by atoms with Crippen molar-refractivity contribution < 1.29 is 0 Å². The first-order valence-electron chi connectivity index (χ1n) is 7.18. The molecule has 0 amide bonds. The third kappa shape index (κ3) is 4.99. The van der Waals surface area contributed by atoms with Gasteiger partial charge in [0.2, 0.25) is 0 Å². The molecule has 1 aromatic carbocycles. The van der Waals surface area contributed by atoms with E-state index < -0.39 is 0 Å². The summed E-state index contributed by atoms with van der Waals surface area (Å²) >= 11 is 6.21. The zero-order valence-corrected chi connectivity index (χ0v) is 12.7. The van der Waals surface area contributed by atoms with Crippen LogP contribution in [0.4, 0.5) is 0 Å². The van der Waals surface area contributed by atoms with E-state index in [-0.39, 0.29) is 0 Å². The fourth-order valence-corrected chi connectivity index (χ4v) is 2.42. The molecule has 0 aliphatic carbocycles. The fourth-order valence-electron chi connectivity index (χ4n) is 2.23. The molecule has 0 radical (unpaired) electrons. The number of unbranched alkanes of at least 4 members (excludes halogenated alkanes) is 3. The third-order valence-corrected chi connectivity index (χ3v) is 3.80. The number of aryl methyl sites for hydroxylation is 1. The lowest BCUT2D eigenvalue weighted by molar-refractivity contribution is 0.482. The van der Waals surface area contributed by atoms with E-state index in [1.165, 1.54) is 37.7 Å².